The van der Waals surface area contributed by atoms with Crippen molar-refractivity contribution in [1.29, 1.82) is 0 Å². The molecule has 0 bridgehead atoms. The number of sulfonamides is 1. The first-order valence-electron chi connectivity index (χ1n) is 9.51. The summed E-state index contributed by atoms with van der Waals surface area (Å²) in [6.45, 7) is -0.0774. The lowest BCUT2D eigenvalue weighted by molar-refractivity contribution is -0.376. The lowest BCUT2D eigenvalue weighted by Gasteiger charge is -2.32. The molecule has 33 heavy (non-hydrogen) atoms. The number of hydrogen-bond donors (Lipinski definition) is 3. The molecule has 13 heteroatoms. The number of alkyl halides is 6. The molecule has 0 atom stereocenters. The third-order valence-corrected chi connectivity index (χ3v) is 6.51. The average Bonchev–Trinajstić information content (AvgIpc) is 3.53. The van der Waals surface area contributed by atoms with Crippen LogP contribution in [0.15, 0.2) is 53.4 Å². The van der Waals surface area contributed by atoms with Gasteiger partial charge in [-0.1, -0.05) is 24.3 Å². The monoisotopic (exact) mass is 496 g/mol. The van der Waals surface area contributed by atoms with Gasteiger partial charge in [-0.15, -0.1) is 0 Å². The van der Waals surface area contributed by atoms with Crippen molar-refractivity contribution in [3.8, 4) is 0 Å². The van der Waals surface area contributed by atoms with E-state index in [4.69, 9.17) is 0 Å². The second kappa shape index (κ2) is 8.61. The molecule has 1 aliphatic carbocycles. The maximum absolute atomic E-state index is 12.9. The van der Waals surface area contributed by atoms with E-state index >= 15 is 0 Å². The highest BCUT2D eigenvalue weighted by Crippen LogP contribution is 2.49. The van der Waals surface area contributed by atoms with E-state index in [1.807, 2.05) is 0 Å². The fourth-order valence-corrected chi connectivity index (χ4v) is 4.22. The molecular weight excluding hydrogens is 478 g/mol. The lowest BCUT2D eigenvalue weighted by Crippen LogP contribution is -2.53. The molecule has 3 rings (SSSR count). The Morgan fingerprint density at radius 1 is 0.909 bits per heavy atom. The highest BCUT2D eigenvalue weighted by atomic mass is 32.2. The molecule has 1 aliphatic rings. The van der Waals surface area contributed by atoms with Gasteiger partial charge in [0, 0.05) is 23.7 Å². The van der Waals surface area contributed by atoms with Crippen LogP contribution in [-0.4, -0.2) is 37.8 Å². The van der Waals surface area contributed by atoms with Crippen molar-refractivity contribution in [3.05, 3.63) is 65.2 Å². The van der Waals surface area contributed by atoms with E-state index in [9.17, 15) is 44.7 Å². The molecule has 0 saturated heterocycles. The zero-order chi connectivity index (χ0) is 24.7. The van der Waals surface area contributed by atoms with Crippen molar-refractivity contribution in [2.75, 3.05) is 0 Å². The fourth-order valence-electron chi connectivity index (χ4n) is 2.91. The number of halogens is 6. The van der Waals surface area contributed by atoms with Crippen LogP contribution in [0.3, 0.4) is 0 Å². The van der Waals surface area contributed by atoms with Crippen molar-refractivity contribution < 1.29 is 44.7 Å². The van der Waals surface area contributed by atoms with Crippen molar-refractivity contribution in [2.45, 2.75) is 48.3 Å². The molecule has 1 amide bonds. The molecule has 0 spiro atoms. The molecule has 2 aromatic carbocycles. The van der Waals surface area contributed by atoms with E-state index in [1.54, 1.807) is 0 Å². The summed E-state index contributed by atoms with van der Waals surface area (Å²) in [5, 5.41) is 11.8. The SMILES string of the molecule is O=C(NCc1ccc(S(=O)(=O)NC2CC2)cc1)c1ccc(C(O)(C(F)(F)F)C(F)(F)F)cc1. The summed E-state index contributed by atoms with van der Waals surface area (Å²) in [5.41, 5.74) is -6.28. The van der Waals surface area contributed by atoms with Crippen LogP contribution in [0.4, 0.5) is 26.3 Å². The van der Waals surface area contributed by atoms with Crippen molar-refractivity contribution in [3.63, 3.8) is 0 Å². The van der Waals surface area contributed by atoms with E-state index in [2.05, 4.69) is 10.0 Å². The van der Waals surface area contributed by atoms with Gasteiger partial charge in [0.25, 0.3) is 11.5 Å². The van der Waals surface area contributed by atoms with Crippen molar-refractivity contribution in [2.24, 2.45) is 0 Å². The number of rotatable bonds is 7. The third-order valence-electron chi connectivity index (χ3n) is 4.97. The highest BCUT2D eigenvalue weighted by Gasteiger charge is 2.71. The lowest BCUT2D eigenvalue weighted by atomic mass is 9.91. The Kier molecular flexibility index (Phi) is 6.52. The number of hydrogen-bond acceptors (Lipinski definition) is 4. The van der Waals surface area contributed by atoms with Gasteiger partial charge in [-0.05, 0) is 42.7 Å². The van der Waals surface area contributed by atoms with Crippen LogP contribution in [0.1, 0.15) is 34.3 Å². The Hall–Kier alpha value is -2.64. The molecule has 0 aromatic heterocycles. The number of aliphatic hydroxyl groups is 1. The number of amides is 1. The van der Waals surface area contributed by atoms with E-state index in [0.29, 0.717) is 17.7 Å². The molecule has 1 fully saturated rings. The number of carbonyl (C=O) groups is 1. The van der Waals surface area contributed by atoms with Crippen LogP contribution < -0.4 is 10.0 Å². The maximum Gasteiger partial charge on any atom is 0.430 e. The maximum atomic E-state index is 12.9. The topological polar surface area (TPSA) is 95.5 Å². The molecule has 6 nitrogen and oxygen atoms in total. The predicted octanol–water partition coefficient (Wildman–Crippen LogP) is 3.37. The number of carbonyl (C=O) groups excluding carboxylic acids is 1. The van der Waals surface area contributed by atoms with Crippen molar-refractivity contribution >= 4 is 15.9 Å². The van der Waals surface area contributed by atoms with Gasteiger partial charge < -0.3 is 10.4 Å². The summed E-state index contributed by atoms with van der Waals surface area (Å²) in [7, 11) is -3.64. The molecule has 0 radical (unpaired) electrons. The van der Waals surface area contributed by atoms with Crippen LogP contribution in [-0.2, 0) is 22.2 Å². The smallest absolute Gasteiger partial charge is 0.369 e. The molecule has 0 aliphatic heterocycles. The largest absolute Gasteiger partial charge is 0.430 e. The molecule has 180 valence electrons. The minimum Gasteiger partial charge on any atom is -0.369 e. The first-order valence-corrected chi connectivity index (χ1v) is 11.0. The quantitative estimate of drug-likeness (QED) is 0.513. The zero-order valence-corrected chi connectivity index (χ0v) is 17.5. The van der Waals surface area contributed by atoms with Crippen LogP contribution in [0.5, 0.6) is 0 Å². The van der Waals surface area contributed by atoms with Gasteiger partial charge >= 0.3 is 12.4 Å². The Balaban J connectivity index is 1.66. The molecule has 1 saturated carbocycles. The standard InChI is InChI=1S/C20H18F6N2O4S/c21-19(22,23)18(30,20(24,25)26)14-5-3-13(4-6-14)17(29)27-11-12-1-9-16(10-2-12)33(31,32)28-15-7-8-15/h1-6,9-10,15,28,30H,7-8,11H2,(H,27,29). The summed E-state index contributed by atoms with van der Waals surface area (Å²) in [5.74, 6) is -0.795. The zero-order valence-electron chi connectivity index (χ0n) is 16.7. The molecule has 3 N–H and O–H groups in total. The Morgan fingerprint density at radius 2 is 1.42 bits per heavy atom. The van der Waals surface area contributed by atoms with Crippen LogP contribution in [0, 0.1) is 0 Å². The summed E-state index contributed by atoms with van der Waals surface area (Å²) < 4.78 is 104. The summed E-state index contributed by atoms with van der Waals surface area (Å²) in [6.07, 6.45) is -10.5. The van der Waals surface area contributed by atoms with Gasteiger partial charge in [-0.2, -0.15) is 26.3 Å². The molecule has 0 unspecified atom stereocenters. The number of benzene rings is 2. The normalized spacial score (nSPS) is 15.4. The van der Waals surface area contributed by atoms with Crippen LogP contribution in [0.2, 0.25) is 0 Å². The fraction of sp³-hybridized carbons (Fsp3) is 0.350. The average molecular weight is 496 g/mol. The molecule has 0 heterocycles. The van der Waals surface area contributed by atoms with E-state index in [-0.39, 0.29) is 23.0 Å². The first kappa shape index (κ1) is 25.0. The second-order valence-electron chi connectivity index (χ2n) is 7.51. The second-order valence-corrected chi connectivity index (χ2v) is 9.22. The van der Waals surface area contributed by atoms with E-state index in [0.717, 1.165) is 25.0 Å². The highest BCUT2D eigenvalue weighted by molar-refractivity contribution is 7.89. The van der Waals surface area contributed by atoms with Gasteiger partial charge in [-0.25, -0.2) is 13.1 Å². The summed E-state index contributed by atoms with van der Waals surface area (Å²) in [4.78, 5) is 12.2. The van der Waals surface area contributed by atoms with Gasteiger partial charge in [0.2, 0.25) is 10.0 Å². The minimum atomic E-state index is -6.02. The predicted molar refractivity (Wildman–Crippen MR) is 103 cm³/mol. The van der Waals surface area contributed by atoms with E-state index < -0.39 is 39.4 Å². The van der Waals surface area contributed by atoms with Crippen LogP contribution >= 0.6 is 0 Å². The molecule has 2 aromatic rings. The van der Waals surface area contributed by atoms with Gasteiger partial charge in [-0.3, -0.25) is 4.79 Å². The Labute approximate surface area is 184 Å². The Bertz CT molecular complexity index is 1100. The van der Waals surface area contributed by atoms with Crippen molar-refractivity contribution in [1.82, 2.24) is 10.0 Å². The van der Waals surface area contributed by atoms with Crippen LogP contribution in [0.25, 0.3) is 0 Å². The van der Waals surface area contributed by atoms with Gasteiger partial charge in [0.05, 0.1) is 4.90 Å². The summed E-state index contributed by atoms with van der Waals surface area (Å²) in [6, 6.07) is 7.74. The Morgan fingerprint density at radius 3 is 1.88 bits per heavy atom. The van der Waals surface area contributed by atoms with Gasteiger partial charge in [0.1, 0.15) is 0 Å². The number of nitrogens with one attached hydrogen (secondary N) is 2. The summed E-state index contributed by atoms with van der Waals surface area (Å²) >= 11 is 0. The first-order chi connectivity index (χ1) is 15.1. The van der Waals surface area contributed by atoms with Gasteiger partial charge in [0.15, 0.2) is 0 Å². The van der Waals surface area contributed by atoms with E-state index in [1.165, 1.54) is 24.3 Å². The third kappa shape index (κ3) is 5.31. The molecular formula is C20H18F6N2O4S. The minimum absolute atomic E-state index is 0.0434.